The molecule has 1 unspecified atom stereocenters. The molecule has 0 saturated carbocycles. The SMILES string of the molecule is COc1ccc(OC2CCN(C(C)=O)CC2)c(C(=O)N(C)CC(O)c2ccccc2)c1. The van der Waals surface area contributed by atoms with E-state index in [4.69, 9.17) is 9.47 Å². The zero-order chi connectivity index (χ0) is 22.4. The molecule has 7 heteroatoms. The van der Waals surface area contributed by atoms with Crippen LogP contribution in [0.25, 0.3) is 0 Å². The van der Waals surface area contributed by atoms with Crippen molar-refractivity contribution in [3.63, 3.8) is 0 Å². The molecule has 2 aromatic carbocycles. The van der Waals surface area contributed by atoms with Crippen molar-refractivity contribution in [1.29, 1.82) is 0 Å². The van der Waals surface area contributed by atoms with Crippen molar-refractivity contribution >= 4 is 11.8 Å². The summed E-state index contributed by atoms with van der Waals surface area (Å²) < 4.78 is 11.5. The number of likely N-dealkylation sites (tertiary alicyclic amines) is 1. The van der Waals surface area contributed by atoms with Gasteiger partial charge in [-0.15, -0.1) is 0 Å². The lowest BCUT2D eigenvalue weighted by atomic mass is 10.1. The molecular formula is C24H30N2O5. The number of nitrogens with zero attached hydrogens (tertiary/aromatic N) is 2. The molecule has 1 N–H and O–H groups in total. The predicted octanol–water partition coefficient (Wildman–Crippen LogP) is 2.89. The maximum atomic E-state index is 13.2. The Hall–Kier alpha value is -3.06. The van der Waals surface area contributed by atoms with Crippen molar-refractivity contribution in [2.45, 2.75) is 32.0 Å². The van der Waals surface area contributed by atoms with Crippen LogP contribution in [-0.4, -0.2) is 66.6 Å². The van der Waals surface area contributed by atoms with Crippen LogP contribution in [0.3, 0.4) is 0 Å². The fraction of sp³-hybridized carbons (Fsp3) is 0.417. The lowest BCUT2D eigenvalue weighted by Crippen LogP contribution is -2.41. The highest BCUT2D eigenvalue weighted by Gasteiger charge is 2.25. The van der Waals surface area contributed by atoms with Gasteiger partial charge in [0.25, 0.3) is 5.91 Å². The van der Waals surface area contributed by atoms with Crippen molar-refractivity contribution in [3.05, 3.63) is 59.7 Å². The Morgan fingerprint density at radius 3 is 2.45 bits per heavy atom. The third-order valence-electron chi connectivity index (χ3n) is 5.58. The Bertz CT molecular complexity index is 894. The minimum atomic E-state index is -0.791. The lowest BCUT2D eigenvalue weighted by molar-refractivity contribution is -0.130. The standard InChI is InChI=1S/C24H30N2O5/c1-17(27)26-13-11-19(12-14-26)31-23-10-9-20(30-3)15-21(23)24(29)25(2)16-22(28)18-7-5-4-6-8-18/h4-10,15,19,22,28H,11-14,16H2,1-3H3. The summed E-state index contributed by atoms with van der Waals surface area (Å²) in [6.45, 7) is 3.00. The number of piperidine rings is 1. The molecule has 0 radical (unpaired) electrons. The molecular weight excluding hydrogens is 396 g/mol. The van der Waals surface area contributed by atoms with Crippen molar-refractivity contribution in [2.75, 3.05) is 33.8 Å². The minimum Gasteiger partial charge on any atom is -0.497 e. The molecule has 1 atom stereocenters. The van der Waals surface area contributed by atoms with Gasteiger partial charge >= 0.3 is 0 Å². The Morgan fingerprint density at radius 1 is 1.16 bits per heavy atom. The molecule has 7 nitrogen and oxygen atoms in total. The zero-order valence-corrected chi connectivity index (χ0v) is 18.3. The van der Waals surface area contributed by atoms with Crippen molar-refractivity contribution in [1.82, 2.24) is 9.80 Å². The molecule has 31 heavy (non-hydrogen) atoms. The first-order valence-corrected chi connectivity index (χ1v) is 10.5. The van der Waals surface area contributed by atoms with E-state index in [0.717, 1.165) is 5.56 Å². The van der Waals surface area contributed by atoms with E-state index in [9.17, 15) is 14.7 Å². The number of hydrogen-bond acceptors (Lipinski definition) is 5. The first-order valence-electron chi connectivity index (χ1n) is 10.5. The molecule has 3 rings (SSSR count). The number of likely N-dealkylation sites (N-methyl/N-ethyl adjacent to an activating group) is 1. The van der Waals surface area contributed by atoms with Gasteiger partial charge in [0.1, 0.15) is 17.6 Å². The highest BCUT2D eigenvalue weighted by molar-refractivity contribution is 5.97. The van der Waals surface area contributed by atoms with Crippen LogP contribution in [-0.2, 0) is 4.79 Å². The van der Waals surface area contributed by atoms with Gasteiger partial charge in [-0.1, -0.05) is 30.3 Å². The number of methoxy groups -OCH3 is 1. The molecule has 0 bridgehead atoms. The molecule has 1 heterocycles. The van der Waals surface area contributed by atoms with Crippen LogP contribution in [0.4, 0.5) is 0 Å². The molecule has 1 aliphatic heterocycles. The first-order chi connectivity index (χ1) is 14.9. The van der Waals surface area contributed by atoms with Crippen LogP contribution < -0.4 is 9.47 Å². The Morgan fingerprint density at radius 2 is 1.84 bits per heavy atom. The number of amides is 2. The number of aliphatic hydroxyl groups excluding tert-OH is 1. The number of aliphatic hydroxyl groups is 1. The van der Waals surface area contributed by atoms with Crippen LogP contribution in [0.2, 0.25) is 0 Å². The molecule has 1 saturated heterocycles. The number of carbonyl (C=O) groups is 2. The van der Waals surface area contributed by atoms with Crippen molar-refractivity contribution in [3.8, 4) is 11.5 Å². The maximum Gasteiger partial charge on any atom is 0.257 e. The van der Waals surface area contributed by atoms with Gasteiger partial charge in [-0.3, -0.25) is 9.59 Å². The third kappa shape index (κ3) is 5.76. The topological polar surface area (TPSA) is 79.3 Å². The third-order valence-corrected chi connectivity index (χ3v) is 5.58. The number of hydrogen-bond donors (Lipinski definition) is 1. The van der Waals surface area contributed by atoms with Gasteiger partial charge < -0.3 is 24.4 Å². The Balaban J connectivity index is 1.73. The van der Waals surface area contributed by atoms with Gasteiger partial charge in [0.05, 0.1) is 25.3 Å². The monoisotopic (exact) mass is 426 g/mol. The fourth-order valence-electron chi connectivity index (χ4n) is 3.70. The molecule has 0 aliphatic carbocycles. The average Bonchev–Trinajstić information content (AvgIpc) is 2.79. The molecule has 1 fully saturated rings. The van der Waals surface area contributed by atoms with E-state index in [1.165, 1.54) is 4.90 Å². The first kappa shape index (κ1) is 22.6. The van der Waals surface area contributed by atoms with Crippen LogP contribution >= 0.6 is 0 Å². The highest BCUT2D eigenvalue weighted by Crippen LogP contribution is 2.29. The fourth-order valence-corrected chi connectivity index (χ4v) is 3.70. The summed E-state index contributed by atoms with van der Waals surface area (Å²) in [5.41, 5.74) is 1.14. The van der Waals surface area contributed by atoms with E-state index in [0.29, 0.717) is 43.0 Å². The largest absolute Gasteiger partial charge is 0.497 e. The quantitative estimate of drug-likeness (QED) is 0.737. The van der Waals surface area contributed by atoms with Gasteiger partial charge in [0.15, 0.2) is 0 Å². The average molecular weight is 427 g/mol. The Labute approximate surface area is 183 Å². The number of rotatable bonds is 7. The molecule has 166 valence electrons. The van der Waals surface area contributed by atoms with Crippen molar-refractivity contribution in [2.24, 2.45) is 0 Å². The summed E-state index contributed by atoms with van der Waals surface area (Å²) in [7, 11) is 3.20. The highest BCUT2D eigenvalue weighted by atomic mass is 16.5. The minimum absolute atomic E-state index is 0.0670. The van der Waals surface area contributed by atoms with Gasteiger partial charge in [0, 0.05) is 39.9 Å². The van der Waals surface area contributed by atoms with Crippen LogP contribution in [0.1, 0.15) is 41.8 Å². The number of benzene rings is 2. The van der Waals surface area contributed by atoms with E-state index in [2.05, 4.69) is 0 Å². The van der Waals surface area contributed by atoms with Gasteiger partial charge in [0.2, 0.25) is 5.91 Å². The summed E-state index contributed by atoms with van der Waals surface area (Å²) in [6.07, 6.45) is 0.556. The van der Waals surface area contributed by atoms with E-state index >= 15 is 0 Å². The molecule has 2 aromatic rings. The molecule has 0 aromatic heterocycles. The summed E-state index contributed by atoms with van der Waals surface area (Å²) in [5.74, 6) is 0.842. The normalized spacial score (nSPS) is 15.3. The van der Waals surface area contributed by atoms with Gasteiger partial charge in [-0.2, -0.15) is 0 Å². The van der Waals surface area contributed by atoms with Gasteiger partial charge in [-0.05, 0) is 23.8 Å². The zero-order valence-electron chi connectivity index (χ0n) is 18.3. The van der Waals surface area contributed by atoms with Gasteiger partial charge in [-0.25, -0.2) is 0 Å². The Kier molecular flexibility index (Phi) is 7.52. The maximum absolute atomic E-state index is 13.2. The van der Waals surface area contributed by atoms with E-state index in [1.54, 1.807) is 44.2 Å². The van der Waals surface area contributed by atoms with Crippen LogP contribution in [0.5, 0.6) is 11.5 Å². The summed E-state index contributed by atoms with van der Waals surface area (Å²) in [5, 5.41) is 10.5. The van der Waals surface area contributed by atoms with Crippen LogP contribution in [0.15, 0.2) is 48.5 Å². The van der Waals surface area contributed by atoms with E-state index in [-0.39, 0.29) is 24.5 Å². The van der Waals surface area contributed by atoms with E-state index < -0.39 is 6.10 Å². The summed E-state index contributed by atoms with van der Waals surface area (Å²) in [6, 6.07) is 14.4. The summed E-state index contributed by atoms with van der Waals surface area (Å²) in [4.78, 5) is 28.0. The molecule has 0 spiro atoms. The second-order valence-corrected chi connectivity index (χ2v) is 7.80. The van der Waals surface area contributed by atoms with Crippen LogP contribution in [0, 0.1) is 0 Å². The molecule has 2 amide bonds. The smallest absolute Gasteiger partial charge is 0.257 e. The number of ether oxygens (including phenoxy) is 2. The molecule has 1 aliphatic rings. The second-order valence-electron chi connectivity index (χ2n) is 7.80. The van der Waals surface area contributed by atoms with Crippen molar-refractivity contribution < 1.29 is 24.2 Å². The predicted molar refractivity (Wildman–Crippen MR) is 117 cm³/mol. The number of carbonyl (C=O) groups excluding carboxylic acids is 2. The van der Waals surface area contributed by atoms with E-state index in [1.807, 2.05) is 30.3 Å². The summed E-state index contributed by atoms with van der Waals surface area (Å²) >= 11 is 0. The second kappa shape index (κ2) is 10.3. The lowest BCUT2D eigenvalue weighted by Gasteiger charge is -2.32.